The van der Waals surface area contributed by atoms with E-state index in [9.17, 15) is 17.6 Å². The summed E-state index contributed by atoms with van der Waals surface area (Å²) in [6.07, 6.45) is -4.56. The predicted molar refractivity (Wildman–Crippen MR) is 44.0 cm³/mol. The number of rotatable bonds is 1. The maximum atomic E-state index is 13.1. The second kappa shape index (κ2) is 3.57. The zero-order valence-electron chi connectivity index (χ0n) is 7.40. The highest BCUT2D eigenvalue weighted by molar-refractivity contribution is 5.33. The van der Waals surface area contributed by atoms with Crippen LogP contribution in [0, 0.1) is 5.82 Å². The highest BCUT2D eigenvalue weighted by Gasteiger charge is 2.35. The van der Waals surface area contributed by atoms with E-state index in [0.29, 0.717) is 0 Å². The molecule has 1 atom stereocenters. The van der Waals surface area contributed by atoms with Crippen LogP contribution in [-0.2, 0) is 6.18 Å². The average Bonchev–Trinajstić information content (AvgIpc) is 2.01. The van der Waals surface area contributed by atoms with E-state index in [4.69, 9.17) is 5.73 Å². The van der Waals surface area contributed by atoms with E-state index in [1.54, 1.807) is 0 Å². The van der Waals surface area contributed by atoms with Crippen LogP contribution >= 0.6 is 0 Å². The average molecular weight is 207 g/mol. The van der Waals surface area contributed by atoms with E-state index in [2.05, 4.69) is 0 Å². The van der Waals surface area contributed by atoms with Gasteiger partial charge in [-0.25, -0.2) is 4.39 Å². The molecule has 1 rings (SSSR count). The topological polar surface area (TPSA) is 26.0 Å². The Hall–Kier alpha value is -1.10. The Morgan fingerprint density at radius 1 is 1.29 bits per heavy atom. The van der Waals surface area contributed by atoms with Crippen LogP contribution in [0.1, 0.15) is 24.1 Å². The fourth-order valence-electron chi connectivity index (χ4n) is 1.25. The summed E-state index contributed by atoms with van der Waals surface area (Å²) in [6.45, 7) is 1.31. The minimum absolute atomic E-state index is 0.486. The first kappa shape index (κ1) is 11.0. The van der Waals surface area contributed by atoms with E-state index in [1.165, 1.54) is 6.92 Å². The number of hydrogen-bond donors (Lipinski definition) is 1. The van der Waals surface area contributed by atoms with Gasteiger partial charge < -0.3 is 5.73 Å². The third-order valence-corrected chi connectivity index (χ3v) is 1.81. The third-order valence-electron chi connectivity index (χ3n) is 1.81. The zero-order chi connectivity index (χ0) is 10.9. The molecule has 5 heteroatoms. The van der Waals surface area contributed by atoms with Crippen molar-refractivity contribution in [1.82, 2.24) is 0 Å². The fourth-order valence-corrected chi connectivity index (χ4v) is 1.25. The summed E-state index contributed by atoms with van der Waals surface area (Å²) < 4.78 is 50.2. The Balaban J connectivity index is 3.36. The van der Waals surface area contributed by atoms with Gasteiger partial charge in [0.2, 0.25) is 0 Å². The summed E-state index contributed by atoms with van der Waals surface area (Å²) in [4.78, 5) is 0. The maximum absolute atomic E-state index is 13.1. The molecular weight excluding hydrogens is 198 g/mol. The first-order valence-electron chi connectivity index (χ1n) is 3.95. The summed E-state index contributed by atoms with van der Waals surface area (Å²) >= 11 is 0. The Morgan fingerprint density at radius 2 is 1.86 bits per heavy atom. The molecule has 0 heterocycles. The second-order valence-corrected chi connectivity index (χ2v) is 2.99. The quantitative estimate of drug-likeness (QED) is 0.704. The maximum Gasteiger partial charge on any atom is 0.416 e. The van der Waals surface area contributed by atoms with Gasteiger partial charge in [0.15, 0.2) is 0 Å². The first-order chi connectivity index (χ1) is 6.34. The molecule has 0 radical (unpaired) electrons. The molecule has 1 unspecified atom stereocenters. The Labute approximate surface area is 78.5 Å². The highest BCUT2D eigenvalue weighted by Crippen LogP contribution is 2.35. The number of nitrogens with two attached hydrogens (primary N) is 1. The van der Waals surface area contributed by atoms with Crippen LogP contribution in [0.4, 0.5) is 17.6 Å². The minimum atomic E-state index is -4.56. The lowest BCUT2D eigenvalue weighted by Crippen LogP contribution is -2.16. The van der Waals surface area contributed by atoms with Crippen molar-refractivity contribution >= 4 is 0 Å². The Kier molecular flexibility index (Phi) is 2.80. The second-order valence-electron chi connectivity index (χ2n) is 2.99. The molecular formula is C9H9F4N. The standard InChI is InChI=1S/C9H9F4N/c1-5(14)8-6(9(11,12)13)3-2-4-7(8)10/h2-5H,14H2,1H3. The zero-order valence-corrected chi connectivity index (χ0v) is 7.40. The van der Waals surface area contributed by atoms with E-state index in [0.717, 1.165) is 18.2 Å². The monoisotopic (exact) mass is 207 g/mol. The first-order valence-corrected chi connectivity index (χ1v) is 3.95. The fraction of sp³-hybridized carbons (Fsp3) is 0.333. The smallest absolute Gasteiger partial charge is 0.324 e. The molecule has 0 aliphatic rings. The summed E-state index contributed by atoms with van der Waals surface area (Å²) in [5, 5.41) is 0. The van der Waals surface area contributed by atoms with Gasteiger partial charge in [-0.2, -0.15) is 13.2 Å². The SMILES string of the molecule is CC(N)c1c(F)cccc1C(F)(F)F. The van der Waals surface area contributed by atoms with Gasteiger partial charge in [-0.1, -0.05) is 6.07 Å². The highest BCUT2D eigenvalue weighted by atomic mass is 19.4. The molecule has 0 spiro atoms. The summed E-state index contributed by atoms with van der Waals surface area (Å²) in [6, 6.07) is 1.83. The van der Waals surface area contributed by atoms with Crippen molar-refractivity contribution in [1.29, 1.82) is 0 Å². The summed E-state index contributed by atoms with van der Waals surface area (Å²) in [7, 11) is 0. The van der Waals surface area contributed by atoms with Crippen molar-refractivity contribution in [2.75, 3.05) is 0 Å². The molecule has 2 N–H and O–H groups in total. The van der Waals surface area contributed by atoms with Crippen LogP contribution in [0.3, 0.4) is 0 Å². The molecule has 0 saturated heterocycles. The van der Waals surface area contributed by atoms with Crippen LogP contribution in [0.25, 0.3) is 0 Å². The molecule has 78 valence electrons. The number of halogens is 4. The van der Waals surface area contributed by atoms with Crippen LogP contribution in [0.5, 0.6) is 0 Å². The van der Waals surface area contributed by atoms with Crippen LogP contribution in [0.2, 0.25) is 0 Å². The lowest BCUT2D eigenvalue weighted by atomic mass is 10.0. The molecule has 0 aliphatic heterocycles. The van der Waals surface area contributed by atoms with Crippen molar-refractivity contribution in [2.45, 2.75) is 19.1 Å². The van der Waals surface area contributed by atoms with Crippen molar-refractivity contribution < 1.29 is 17.6 Å². The minimum Gasteiger partial charge on any atom is -0.324 e. The van der Waals surface area contributed by atoms with Gasteiger partial charge in [-0.15, -0.1) is 0 Å². The summed E-state index contributed by atoms with van der Waals surface area (Å²) in [5.74, 6) is -0.921. The lowest BCUT2D eigenvalue weighted by Gasteiger charge is -2.15. The summed E-state index contributed by atoms with van der Waals surface area (Å²) in [5.41, 5.74) is 3.78. The molecule has 1 aromatic rings. The van der Waals surface area contributed by atoms with Gasteiger partial charge in [-0.05, 0) is 19.1 Å². The molecule has 0 amide bonds. The van der Waals surface area contributed by atoms with Crippen LogP contribution in [-0.4, -0.2) is 0 Å². The van der Waals surface area contributed by atoms with Gasteiger partial charge in [0, 0.05) is 11.6 Å². The largest absolute Gasteiger partial charge is 0.416 e. The van der Waals surface area contributed by atoms with Crippen LogP contribution in [0.15, 0.2) is 18.2 Å². The molecule has 0 aromatic heterocycles. The lowest BCUT2D eigenvalue weighted by molar-refractivity contribution is -0.138. The predicted octanol–water partition coefficient (Wildman–Crippen LogP) is 2.86. The van der Waals surface area contributed by atoms with E-state index in [-0.39, 0.29) is 0 Å². The normalized spacial score (nSPS) is 14.1. The number of alkyl halides is 3. The molecule has 1 aromatic carbocycles. The van der Waals surface area contributed by atoms with Crippen molar-refractivity contribution in [3.8, 4) is 0 Å². The van der Waals surface area contributed by atoms with Crippen molar-refractivity contribution in [2.24, 2.45) is 5.73 Å². The molecule has 0 fully saturated rings. The van der Waals surface area contributed by atoms with Gasteiger partial charge in [0.1, 0.15) is 5.82 Å². The van der Waals surface area contributed by atoms with Gasteiger partial charge in [-0.3, -0.25) is 0 Å². The van der Waals surface area contributed by atoms with E-state index in [1.807, 2.05) is 0 Å². The Bertz CT molecular complexity index is 330. The van der Waals surface area contributed by atoms with E-state index >= 15 is 0 Å². The van der Waals surface area contributed by atoms with Crippen molar-refractivity contribution in [3.05, 3.63) is 35.1 Å². The molecule has 0 saturated carbocycles. The van der Waals surface area contributed by atoms with Gasteiger partial charge >= 0.3 is 6.18 Å². The molecule has 14 heavy (non-hydrogen) atoms. The Morgan fingerprint density at radius 3 is 2.21 bits per heavy atom. The number of hydrogen-bond acceptors (Lipinski definition) is 1. The van der Waals surface area contributed by atoms with Crippen molar-refractivity contribution in [3.63, 3.8) is 0 Å². The third kappa shape index (κ3) is 2.04. The van der Waals surface area contributed by atoms with Gasteiger partial charge in [0.05, 0.1) is 5.56 Å². The van der Waals surface area contributed by atoms with E-state index < -0.39 is 29.2 Å². The van der Waals surface area contributed by atoms with Gasteiger partial charge in [0.25, 0.3) is 0 Å². The molecule has 0 aliphatic carbocycles. The number of benzene rings is 1. The molecule has 1 nitrogen and oxygen atoms in total. The van der Waals surface area contributed by atoms with Crippen LogP contribution < -0.4 is 5.73 Å². The molecule has 0 bridgehead atoms.